The molecule has 1 atom stereocenters. The lowest BCUT2D eigenvalue weighted by atomic mass is 10.0. The van der Waals surface area contributed by atoms with Gasteiger partial charge in [0.15, 0.2) is 5.82 Å². The summed E-state index contributed by atoms with van der Waals surface area (Å²) in [5.74, 6) is 0.737. The van der Waals surface area contributed by atoms with E-state index in [1.54, 1.807) is 7.05 Å². The summed E-state index contributed by atoms with van der Waals surface area (Å²) in [7, 11) is 1.77. The molecule has 0 aromatic carbocycles. The maximum Gasteiger partial charge on any atom is 0.176 e. The number of aromatic nitrogens is 5. The molecule has 2 heterocycles. The standard InChI is InChI=1S/C13H20N6/c1-4-10-7-6-8-15-13(10)11(14-5-2)9-12-16-18-19(3)17-12/h6-8,11,14H,4-5,9H2,1-3H3. The summed E-state index contributed by atoms with van der Waals surface area (Å²) < 4.78 is 0. The molecule has 0 aliphatic heterocycles. The van der Waals surface area contributed by atoms with Crippen LogP contribution in [0.15, 0.2) is 18.3 Å². The van der Waals surface area contributed by atoms with E-state index in [1.807, 2.05) is 12.3 Å². The Balaban J connectivity index is 2.23. The predicted octanol–water partition coefficient (Wildman–Crippen LogP) is 1.06. The van der Waals surface area contributed by atoms with Crippen LogP contribution in [0.2, 0.25) is 0 Å². The zero-order valence-corrected chi connectivity index (χ0v) is 11.7. The van der Waals surface area contributed by atoms with E-state index in [0.717, 1.165) is 24.5 Å². The van der Waals surface area contributed by atoms with E-state index in [-0.39, 0.29) is 6.04 Å². The first-order chi connectivity index (χ1) is 9.24. The zero-order valence-electron chi connectivity index (χ0n) is 11.7. The zero-order chi connectivity index (χ0) is 13.7. The number of rotatable bonds is 6. The van der Waals surface area contributed by atoms with Crippen molar-refractivity contribution < 1.29 is 0 Å². The Kier molecular flexibility index (Phi) is 4.57. The molecule has 2 aromatic rings. The van der Waals surface area contributed by atoms with Gasteiger partial charge in [-0.25, -0.2) is 0 Å². The molecule has 2 aromatic heterocycles. The normalized spacial score (nSPS) is 12.6. The van der Waals surface area contributed by atoms with Crippen LogP contribution in [0, 0.1) is 0 Å². The molecule has 2 rings (SSSR count). The second kappa shape index (κ2) is 6.38. The quantitative estimate of drug-likeness (QED) is 0.841. The van der Waals surface area contributed by atoms with Crippen LogP contribution in [0.5, 0.6) is 0 Å². The predicted molar refractivity (Wildman–Crippen MR) is 72.5 cm³/mol. The van der Waals surface area contributed by atoms with Crippen LogP contribution in [0.3, 0.4) is 0 Å². The van der Waals surface area contributed by atoms with E-state index < -0.39 is 0 Å². The van der Waals surface area contributed by atoms with Gasteiger partial charge in [-0.05, 0) is 29.8 Å². The minimum Gasteiger partial charge on any atom is -0.309 e. The minimum atomic E-state index is 0.130. The number of nitrogens with one attached hydrogen (secondary N) is 1. The molecule has 0 radical (unpaired) electrons. The van der Waals surface area contributed by atoms with Crippen LogP contribution in [0.25, 0.3) is 0 Å². The fraction of sp³-hybridized carbons (Fsp3) is 0.538. The van der Waals surface area contributed by atoms with Crippen LogP contribution in [0.4, 0.5) is 0 Å². The molecule has 1 unspecified atom stereocenters. The fourth-order valence-electron chi connectivity index (χ4n) is 2.16. The molecule has 0 saturated heterocycles. The third kappa shape index (κ3) is 3.35. The van der Waals surface area contributed by atoms with Crippen LogP contribution < -0.4 is 5.32 Å². The van der Waals surface area contributed by atoms with Crippen molar-refractivity contribution in [3.63, 3.8) is 0 Å². The van der Waals surface area contributed by atoms with Crippen LogP contribution in [-0.4, -0.2) is 31.7 Å². The first-order valence-corrected chi connectivity index (χ1v) is 6.64. The Morgan fingerprint density at radius 3 is 2.84 bits per heavy atom. The van der Waals surface area contributed by atoms with Gasteiger partial charge < -0.3 is 5.32 Å². The second-order valence-electron chi connectivity index (χ2n) is 4.41. The van der Waals surface area contributed by atoms with Crippen molar-refractivity contribution in [2.45, 2.75) is 32.7 Å². The van der Waals surface area contributed by atoms with Gasteiger partial charge >= 0.3 is 0 Å². The van der Waals surface area contributed by atoms with Crippen molar-refractivity contribution in [1.29, 1.82) is 0 Å². The summed E-state index contributed by atoms with van der Waals surface area (Å²) in [6.07, 6.45) is 3.51. The van der Waals surface area contributed by atoms with E-state index in [4.69, 9.17) is 0 Å². The first kappa shape index (κ1) is 13.6. The lowest BCUT2D eigenvalue weighted by molar-refractivity contribution is 0.518. The molecule has 0 bridgehead atoms. The van der Waals surface area contributed by atoms with Crippen molar-refractivity contribution in [1.82, 2.24) is 30.5 Å². The van der Waals surface area contributed by atoms with Gasteiger partial charge in [-0.15, -0.1) is 10.2 Å². The van der Waals surface area contributed by atoms with Crippen LogP contribution in [-0.2, 0) is 19.9 Å². The van der Waals surface area contributed by atoms with Gasteiger partial charge in [0.2, 0.25) is 0 Å². The monoisotopic (exact) mass is 260 g/mol. The largest absolute Gasteiger partial charge is 0.309 e. The minimum absolute atomic E-state index is 0.130. The number of tetrazole rings is 1. The Morgan fingerprint density at radius 2 is 2.21 bits per heavy atom. The lowest BCUT2D eigenvalue weighted by Crippen LogP contribution is -2.25. The number of hydrogen-bond donors (Lipinski definition) is 1. The molecule has 102 valence electrons. The summed E-state index contributed by atoms with van der Waals surface area (Å²) in [4.78, 5) is 6.01. The second-order valence-corrected chi connectivity index (χ2v) is 4.41. The molecule has 0 spiro atoms. The number of likely N-dealkylation sites (N-methyl/N-ethyl adjacent to an activating group) is 1. The molecule has 0 fully saturated rings. The molecule has 6 heteroatoms. The van der Waals surface area contributed by atoms with Gasteiger partial charge in [0.25, 0.3) is 0 Å². The molecular formula is C13H20N6. The van der Waals surface area contributed by atoms with Gasteiger partial charge in [-0.2, -0.15) is 4.80 Å². The lowest BCUT2D eigenvalue weighted by Gasteiger charge is -2.18. The maximum absolute atomic E-state index is 4.53. The van der Waals surface area contributed by atoms with Gasteiger partial charge in [-0.1, -0.05) is 19.9 Å². The third-order valence-electron chi connectivity index (χ3n) is 3.02. The molecule has 19 heavy (non-hydrogen) atoms. The van der Waals surface area contributed by atoms with E-state index in [1.165, 1.54) is 10.4 Å². The molecular weight excluding hydrogens is 240 g/mol. The van der Waals surface area contributed by atoms with Gasteiger partial charge in [0, 0.05) is 12.6 Å². The summed E-state index contributed by atoms with van der Waals surface area (Å²) >= 11 is 0. The molecule has 1 N–H and O–H groups in total. The van der Waals surface area contributed by atoms with Crippen molar-refractivity contribution in [2.75, 3.05) is 6.54 Å². The Morgan fingerprint density at radius 1 is 1.37 bits per heavy atom. The topological polar surface area (TPSA) is 68.5 Å². The van der Waals surface area contributed by atoms with E-state index in [0.29, 0.717) is 6.42 Å². The van der Waals surface area contributed by atoms with Gasteiger partial charge in [0.1, 0.15) is 0 Å². The van der Waals surface area contributed by atoms with Crippen LogP contribution in [0.1, 0.15) is 37.0 Å². The summed E-state index contributed by atoms with van der Waals surface area (Å²) in [6.45, 7) is 5.11. The highest BCUT2D eigenvalue weighted by Gasteiger charge is 2.18. The first-order valence-electron chi connectivity index (χ1n) is 6.64. The van der Waals surface area contributed by atoms with Gasteiger partial charge in [-0.3, -0.25) is 4.98 Å². The van der Waals surface area contributed by atoms with Crippen molar-refractivity contribution in [2.24, 2.45) is 7.05 Å². The molecule has 6 nitrogen and oxygen atoms in total. The van der Waals surface area contributed by atoms with E-state index in [9.17, 15) is 0 Å². The Labute approximate surface area is 113 Å². The van der Waals surface area contributed by atoms with Crippen molar-refractivity contribution in [3.05, 3.63) is 35.4 Å². The van der Waals surface area contributed by atoms with Gasteiger partial charge in [0.05, 0.1) is 18.8 Å². The van der Waals surface area contributed by atoms with Crippen molar-refractivity contribution >= 4 is 0 Å². The maximum atomic E-state index is 4.53. The molecule has 0 aliphatic rings. The average Bonchev–Trinajstić information content (AvgIpc) is 2.84. The molecule has 0 aliphatic carbocycles. The Bertz CT molecular complexity index is 521. The number of aryl methyl sites for hydroxylation is 2. The summed E-state index contributed by atoms with van der Waals surface area (Å²) in [6, 6.07) is 4.23. The average molecular weight is 260 g/mol. The van der Waals surface area contributed by atoms with Crippen LogP contribution >= 0.6 is 0 Å². The third-order valence-corrected chi connectivity index (χ3v) is 3.02. The molecule has 0 amide bonds. The number of hydrogen-bond acceptors (Lipinski definition) is 5. The summed E-state index contributed by atoms with van der Waals surface area (Å²) in [5, 5.41) is 15.6. The molecule has 0 saturated carbocycles. The number of pyridine rings is 1. The smallest absolute Gasteiger partial charge is 0.176 e. The number of nitrogens with zero attached hydrogens (tertiary/aromatic N) is 5. The fourth-order valence-corrected chi connectivity index (χ4v) is 2.16. The van der Waals surface area contributed by atoms with E-state index in [2.05, 4.69) is 45.6 Å². The summed E-state index contributed by atoms with van der Waals surface area (Å²) in [5.41, 5.74) is 2.34. The van der Waals surface area contributed by atoms with Crippen molar-refractivity contribution in [3.8, 4) is 0 Å². The highest BCUT2D eigenvalue weighted by Crippen LogP contribution is 2.18. The Hall–Kier alpha value is -1.82. The van der Waals surface area contributed by atoms with E-state index >= 15 is 0 Å². The highest BCUT2D eigenvalue weighted by atomic mass is 15.6. The SMILES string of the molecule is CCNC(Cc1nnn(C)n1)c1ncccc1CC. The highest BCUT2D eigenvalue weighted by molar-refractivity contribution is 5.23.